The summed E-state index contributed by atoms with van der Waals surface area (Å²) in [5, 5.41) is 0.688. The number of carbonyl (C=O) groups is 1. The third-order valence-electron chi connectivity index (χ3n) is 4.94. The molecule has 0 spiro atoms. The fraction of sp³-hybridized carbons (Fsp3) is 0.227. The number of carbonyl (C=O) groups excluding carboxylic acids is 1. The Labute approximate surface area is 186 Å². The number of ether oxygens (including phenoxy) is 2. The number of hydrogen-bond donors (Lipinski definition) is 1. The molecule has 3 aromatic rings. The summed E-state index contributed by atoms with van der Waals surface area (Å²) in [7, 11) is 1.58. The van der Waals surface area contributed by atoms with Crippen molar-refractivity contribution < 1.29 is 14.3 Å². The second-order valence-corrected chi connectivity index (χ2v) is 7.18. The summed E-state index contributed by atoms with van der Waals surface area (Å²) < 4.78 is 13.0. The normalized spacial score (nSPS) is 12.9. The molecule has 0 bridgehead atoms. The van der Waals surface area contributed by atoms with Gasteiger partial charge in [-0.15, -0.1) is 12.4 Å². The first-order valence-corrected chi connectivity index (χ1v) is 9.77. The van der Waals surface area contributed by atoms with E-state index in [2.05, 4.69) is 0 Å². The second-order valence-electron chi connectivity index (χ2n) is 6.74. The number of benzene rings is 2. The topological polar surface area (TPSA) is 69.7 Å². The molecule has 6 nitrogen and oxygen atoms in total. The standard InChI is InChI=1S/C22H22ClN3O3.ClH/c1-28-21-13-18(6-7-20(21)29-11-8-24)26-10-9-25-14-16(12-19(25)22(26)27)15-2-4-17(23)5-3-15;/h2-7,12-14H,8-11,24H2,1H3;1H. The van der Waals surface area contributed by atoms with Gasteiger partial charge in [0, 0.05) is 48.2 Å². The third kappa shape index (κ3) is 4.26. The molecule has 2 aromatic carbocycles. The van der Waals surface area contributed by atoms with Crippen LogP contribution in [0, 0.1) is 0 Å². The monoisotopic (exact) mass is 447 g/mol. The second kappa shape index (κ2) is 9.43. The molecule has 2 heterocycles. The molecule has 1 aliphatic rings. The molecule has 4 rings (SSSR count). The van der Waals surface area contributed by atoms with Gasteiger partial charge in [-0.25, -0.2) is 0 Å². The summed E-state index contributed by atoms with van der Waals surface area (Å²) in [5.74, 6) is 1.14. The Balaban J connectivity index is 0.00000256. The molecule has 1 amide bonds. The number of nitrogens with zero attached hydrogens (tertiary/aromatic N) is 2. The predicted octanol–water partition coefficient (Wildman–Crippen LogP) is 4.24. The van der Waals surface area contributed by atoms with Crippen LogP contribution in [0.25, 0.3) is 11.1 Å². The fourth-order valence-corrected chi connectivity index (χ4v) is 3.61. The molecule has 1 aliphatic heterocycles. The van der Waals surface area contributed by atoms with Gasteiger partial charge in [-0.2, -0.15) is 0 Å². The highest BCUT2D eigenvalue weighted by molar-refractivity contribution is 6.30. The molecular formula is C22H23Cl2N3O3. The molecule has 158 valence electrons. The van der Waals surface area contributed by atoms with Gasteiger partial charge in [0.2, 0.25) is 0 Å². The van der Waals surface area contributed by atoms with Gasteiger partial charge in [-0.3, -0.25) is 4.79 Å². The Kier molecular flexibility index (Phi) is 6.92. The molecule has 0 saturated heterocycles. The minimum absolute atomic E-state index is 0. The van der Waals surface area contributed by atoms with Gasteiger partial charge in [0.05, 0.1) is 7.11 Å². The number of nitrogens with two attached hydrogens (primary N) is 1. The summed E-state index contributed by atoms with van der Waals surface area (Å²) in [6.45, 7) is 2.11. The zero-order valence-electron chi connectivity index (χ0n) is 16.5. The lowest BCUT2D eigenvalue weighted by Gasteiger charge is -2.28. The summed E-state index contributed by atoms with van der Waals surface area (Å²) in [6.07, 6.45) is 2.01. The summed E-state index contributed by atoms with van der Waals surface area (Å²) in [4.78, 5) is 14.9. The highest BCUT2D eigenvalue weighted by Gasteiger charge is 2.27. The minimum Gasteiger partial charge on any atom is -0.493 e. The van der Waals surface area contributed by atoms with Crippen LogP contribution in [0.5, 0.6) is 11.5 Å². The van der Waals surface area contributed by atoms with Crippen LogP contribution in [-0.4, -0.2) is 37.3 Å². The number of amides is 1. The maximum Gasteiger partial charge on any atom is 0.274 e. The smallest absolute Gasteiger partial charge is 0.274 e. The van der Waals surface area contributed by atoms with Gasteiger partial charge in [0.1, 0.15) is 12.3 Å². The van der Waals surface area contributed by atoms with E-state index >= 15 is 0 Å². The maximum absolute atomic E-state index is 13.2. The minimum atomic E-state index is -0.0471. The van der Waals surface area contributed by atoms with Crippen LogP contribution in [0.1, 0.15) is 10.5 Å². The summed E-state index contributed by atoms with van der Waals surface area (Å²) in [5.41, 5.74) is 8.95. The lowest BCUT2D eigenvalue weighted by Crippen LogP contribution is -2.39. The number of hydrogen-bond acceptors (Lipinski definition) is 4. The largest absolute Gasteiger partial charge is 0.493 e. The van der Waals surface area contributed by atoms with E-state index in [0.717, 1.165) is 16.8 Å². The first-order chi connectivity index (χ1) is 14.1. The number of aromatic nitrogens is 1. The van der Waals surface area contributed by atoms with E-state index in [1.807, 2.05) is 59.3 Å². The van der Waals surface area contributed by atoms with E-state index in [1.54, 1.807) is 12.0 Å². The van der Waals surface area contributed by atoms with Crippen molar-refractivity contribution in [2.45, 2.75) is 6.54 Å². The Morgan fingerprint density at radius 3 is 2.50 bits per heavy atom. The van der Waals surface area contributed by atoms with E-state index in [4.69, 9.17) is 26.8 Å². The zero-order chi connectivity index (χ0) is 20.4. The maximum atomic E-state index is 13.2. The van der Waals surface area contributed by atoms with E-state index in [0.29, 0.717) is 48.5 Å². The van der Waals surface area contributed by atoms with Crippen LogP contribution in [0.3, 0.4) is 0 Å². The Hall–Kier alpha value is -2.67. The SMILES string of the molecule is COc1cc(N2CCn3cc(-c4ccc(Cl)cc4)cc3C2=O)ccc1OCCN.Cl. The Morgan fingerprint density at radius 2 is 1.80 bits per heavy atom. The zero-order valence-corrected chi connectivity index (χ0v) is 18.1. The number of rotatable bonds is 6. The van der Waals surface area contributed by atoms with Crippen molar-refractivity contribution >= 4 is 35.6 Å². The molecule has 0 aliphatic carbocycles. The summed E-state index contributed by atoms with van der Waals surface area (Å²) in [6, 6.07) is 15.0. The van der Waals surface area contributed by atoms with Gasteiger partial charge in [-0.1, -0.05) is 23.7 Å². The van der Waals surface area contributed by atoms with Gasteiger partial charge < -0.3 is 24.7 Å². The molecule has 30 heavy (non-hydrogen) atoms. The van der Waals surface area contributed by atoms with Gasteiger partial charge in [0.25, 0.3) is 5.91 Å². The number of fused-ring (bicyclic) bond motifs is 1. The molecule has 2 N–H and O–H groups in total. The predicted molar refractivity (Wildman–Crippen MR) is 121 cm³/mol. The van der Waals surface area contributed by atoms with Crippen molar-refractivity contribution in [3.8, 4) is 22.6 Å². The van der Waals surface area contributed by atoms with Crippen molar-refractivity contribution in [1.82, 2.24) is 4.57 Å². The Bertz CT molecular complexity index is 1030. The quantitative estimate of drug-likeness (QED) is 0.613. The van der Waals surface area contributed by atoms with Crippen LogP contribution < -0.4 is 20.1 Å². The fourth-order valence-electron chi connectivity index (χ4n) is 3.48. The first-order valence-electron chi connectivity index (χ1n) is 9.39. The summed E-state index contributed by atoms with van der Waals surface area (Å²) >= 11 is 5.98. The average Bonchev–Trinajstić information content (AvgIpc) is 3.18. The van der Waals surface area contributed by atoms with Crippen molar-refractivity contribution in [2.24, 2.45) is 5.73 Å². The molecule has 1 aromatic heterocycles. The molecule has 0 saturated carbocycles. The van der Waals surface area contributed by atoms with E-state index in [-0.39, 0.29) is 18.3 Å². The van der Waals surface area contributed by atoms with Crippen LogP contribution in [-0.2, 0) is 6.54 Å². The molecule has 0 unspecified atom stereocenters. The van der Waals surface area contributed by atoms with Gasteiger partial charge >= 0.3 is 0 Å². The van der Waals surface area contributed by atoms with Gasteiger partial charge in [0.15, 0.2) is 11.5 Å². The highest BCUT2D eigenvalue weighted by atomic mass is 35.5. The van der Waals surface area contributed by atoms with Crippen LogP contribution >= 0.6 is 24.0 Å². The molecule has 0 fully saturated rings. The van der Waals surface area contributed by atoms with Crippen LogP contribution in [0.2, 0.25) is 5.02 Å². The number of anilines is 1. The Morgan fingerprint density at radius 1 is 1.03 bits per heavy atom. The third-order valence-corrected chi connectivity index (χ3v) is 5.19. The number of halogens is 2. The molecule has 0 radical (unpaired) electrons. The first kappa shape index (κ1) is 22.0. The van der Waals surface area contributed by atoms with Crippen molar-refractivity contribution in [3.05, 3.63) is 65.4 Å². The van der Waals surface area contributed by atoms with Crippen molar-refractivity contribution in [3.63, 3.8) is 0 Å². The molecule has 0 atom stereocenters. The average molecular weight is 448 g/mol. The van der Waals surface area contributed by atoms with Crippen LogP contribution in [0.4, 0.5) is 5.69 Å². The van der Waals surface area contributed by atoms with Crippen molar-refractivity contribution in [2.75, 3.05) is 31.7 Å². The van der Waals surface area contributed by atoms with Crippen LogP contribution in [0.15, 0.2) is 54.7 Å². The number of methoxy groups -OCH3 is 1. The van der Waals surface area contributed by atoms with E-state index in [9.17, 15) is 4.79 Å². The lowest BCUT2D eigenvalue weighted by atomic mass is 10.1. The highest BCUT2D eigenvalue weighted by Crippen LogP contribution is 2.34. The molecule has 8 heteroatoms. The van der Waals surface area contributed by atoms with Crippen molar-refractivity contribution in [1.29, 1.82) is 0 Å². The van der Waals surface area contributed by atoms with E-state index < -0.39 is 0 Å². The molecular weight excluding hydrogens is 425 g/mol. The van der Waals surface area contributed by atoms with Gasteiger partial charge in [-0.05, 0) is 35.9 Å². The lowest BCUT2D eigenvalue weighted by molar-refractivity contribution is 0.0965. The van der Waals surface area contributed by atoms with E-state index in [1.165, 1.54) is 0 Å².